The van der Waals surface area contributed by atoms with Crippen LogP contribution in [0.5, 0.6) is 0 Å². The summed E-state index contributed by atoms with van der Waals surface area (Å²) in [6, 6.07) is 18.4. The lowest BCUT2D eigenvalue weighted by Crippen LogP contribution is -1.83. The molecule has 1 aromatic heterocycles. The van der Waals surface area contributed by atoms with Gasteiger partial charge in [0.2, 0.25) is 0 Å². The Morgan fingerprint density at radius 3 is 2.53 bits per heavy atom. The highest BCUT2D eigenvalue weighted by atomic mass is 79.9. The largest absolute Gasteiger partial charge is 0.353 e. The summed E-state index contributed by atoms with van der Waals surface area (Å²) in [5.41, 5.74) is 4.79. The van der Waals surface area contributed by atoms with Crippen molar-refractivity contribution in [3.8, 4) is 17.3 Å². The first-order valence-corrected chi connectivity index (χ1v) is 7.12. The molecule has 2 nitrogen and oxygen atoms in total. The van der Waals surface area contributed by atoms with Crippen LogP contribution in [0.1, 0.15) is 11.1 Å². The molecule has 0 aliphatic rings. The molecule has 0 unspecified atom stereocenters. The van der Waals surface area contributed by atoms with Gasteiger partial charge in [0.1, 0.15) is 6.07 Å². The zero-order chi connectivity index (χ0) is 13.2. The van der Waals surface area contributed by atoms with Crippen LogP contribution < -0.4 is 0 Å². The molecule has 0 aliphatic carbocycles. The number of nitriles is 1. The number of aromatic amines is 1. The van der Waals surface area contributed by atoms with Crippen molar-refractivity contribution in [2.75, 3.05) is 0 Å². The van der Waals surface area contributed by atoms with Gasteiger partial charge < -0.3 is 4.98 Å². The number of nitrogens with one attached hydrogen (secondary N) is 1. The molecule has 92 valence electrons. The molecule has 1 N–H and O–H groups in total. The Bertz CT molecular complexity index is 767. The zero-order valence-corrected chi connectivity index (χ0v) is 11.7. The number of alkyl halides is 1. The van der Waals surface area contributed by atoms with E-state index >= 15 is 0 Å². The quantitative estimate of drug-likeness (QED) is 0.690. The maximum atomic E-state index is 9.50. The van der Waals surface area contributed by atoms with Gasteiger partial charge in [0, 0.05) is 16.2 Å². The average molecular weight is 311 g/mol. The van der Waals surface area contributed by atoms with Crippen LogP contribution >= 0.6 is 15.9 Å². The zero-order valence-electron chi connectivity index (χ0n) is 10.2. The molecule has 0 aliphatic heterocycles. The van der Waals surface area contributed by atoms with Crippen LogP contribution in [0.25, 0.3) is 22.2 Å². The number of halogens is 1. The van der Waals surface area contributed by atoms with E-state index in [1.807, 2.05) is 48.5 Å². The van der Waals surface area contributed by atoms with Gasteiger partial charge in [-0.25, -0.2) is 0 Å². The van der Waals surface area contributed by atoms with E-state index in [9.17, 15) is 5.26 Å². The lowest BCUT2D eigenvalue weighted by molar-refractivity contribution is 1.43. The summed E-state index contributed by atoms with van der Waals surface area (Å²) < 4.78 is 0. The fourth-order valence-corrected chi connectivity index (χ4v) is 2.83. The van der Waals surface area contributed by atoms with E-state index in [-0.39, 0.29) is 0 Å². The predicted molar refractivity (Wildman–Crippen MR) is 81.1 cm³/mol. The Kier molecular flexibility index (Phi) is 3.10. The van der Waals surface area contributed by atoms with Crippen LogP contribution in [-0.4, -0.2) is 4.98 Å². The van der Waals surface area contributed by atoms with Gasteiger partial charge in [0.15, 0.2) is 0 Å². The molecular weight excluding hydrogens is 300 g/mol. The van der Waals surface area contributed by atoms with Crippen LogP contribution in [-0.2, 0) is 5.33 Å². The molecule has 0 radical (unpaired) electrons. The molecule has 0 bridgehead atoms. The summed E-state index contributed by atoms with van der Waals surface area (Å²) in [7, 11) is 0. The van der Waals surface area contributed by atoms with Crippen LogP contribution in [0.4, 0.5) is 0 Å². The number of hydrogen-bond acceptors (Lipinski definition) is 1. The van der Waals surface area contributed by atoms with Crippen molar-refractivity contribution in [3.05, 3.63) is 59.7 Å². The average Bonchev–Trinajstić information content (AvgIpc) is 2.86. The summed E-state index contributed by atoms with van der Waals surface area (Å²) in [4.78, 5) is 3.36. The number of benzene rings is 2. The lowest BCUT2D eigenvalue weighted by Gasteiger charge is -1.99. The normalized spacial score (nSPS) is 10.5. The molecule has 0 amide bonds. The molecule has 0 spiro atoms. The summed E-state index contributed by atoms with van der Waals surface area (Å²) in [6.45, 7) is 0. The van der Waals surface area contributed by atoms with Gasteiger partial charge >= 0.3 is 0 Å². The number of hydrogen-bond donors (Lipinski definition) is 1. The van der Waals surface area contributed by atoms with Gasteiger partial charge in [-0.05, 0) is 17.2 Å². The van der Waals surface area contributed by atoms with E-state index in [2.05, 4.69) is 27.0 Å². The Morgan fingerprint density at radius 2 is 1.84 bits per heavy atom. The van der Waals surface area contributed by atoms with E-state index in [4.69, 9.17) is 0 Å². The van der Waals surface area contributed by atoms with Crippen molar-refractivity contribution in [1.82, 2.24) is 4.98 Å². The number of fused-ring (bicyclic) bond motifs is 1. The van der Waals surface area contributed by atoms with E-state index in [0.717, 1.165) is 38.6 Å². The third-order valence-electron chi connectivity index (χ3n) is 3.23. The highest BCUT2D eigenvalue weighted by Crippen LogP contribution is 2.32. The molecule has 0 atom stereocenters. The van der Waals surface area contributed by atoms with E-state index in [1.165, 1.54) is 0 Å². The van der Waals surface area contributed by atoms with Crippen molar-refractivity contribution in [3.63, 3.8) is 0 Å². The Morgan fingerprint density at radius 1 is 1.05 bits per heavy atom. The van der Waals surface area contributed by atoms with Crippen molar-refractivity contribution in [1.29, 1.82) is 5.26 Å². The maximum Gasteiger partial charge on any atom is 0.102 e. The fraction of sp³-hybridized carbons (Fsp3) is 0.0625. The monoisotopic (exact) mass is 310 g/mol. The number of nitrogens with zero attached hydrogens (tertiary/aromatic N) is 1. The van der Waals surface area contributed by atoms with Gasteiger partial charge in [-0.2, -0.15) is 5.26 Å². The van der Waals surface area contributed by atoms with Crippen LogP contribution in [0.2, 0.25) is 0 Å². The van der Waals surface area contributed by atoms with Crippen molar-refractivity contribution < 1.29 is 0 Å². The molecule has 2 aromatic carbocycles. The number of rotatable bonds is 2. The maximum absolute atomic E-state index is 9.50. The first-order valence-electron chi connectivity index (χ1n) is 6.00. The lowest BCUT2D eigenvalue weighted by atomic mass is 10.0. The Hall–Kier alpha value is -2.05. The molecule has 19 heavy (non-hydrogen) atoms. The number of H-pyrrole nitrogens is 1. The highest BCUT2D eigenvalue weighted by Gasteiger charge is 2.14. The van der Waals surface area contributed by atoms with E-state index in [1.54, 1.807) is 0 Å². The second-order valence-electron chi connectivity index (χ2n) is 4.33. The minimum Gasteiger partial charge on any atom is -0.353 e. The van der Waals surface area contributed by atoms with Gasteiger partial charge in [0.05, 0.1) is 11.3 Å². The van der Waals surface area contributed by atoms with E-state index in [0.29, 0.717) is 0 Å². The molecular formula is C16H11BrN2. The van der Waals surface area contributed by atoms with Crippen LogP contribution in [0.15, 0.2) is 48.5 Å². The van der Waals surface area contributed by atoms with Crippen LogP contribution in [0, 0.1) is 11.3 Å². The van der Waals surface area contributed by atoms with Gasteiger partial charge in [-0.1, -0.05) is 58.4 Å². The second kappa shape index (κ2) is 4.91. The van der Waals surface area contributed by atoms with Crippen molar-refractivity contribution in [2.45, 2.75) is 5.33 Å². The second-order valence-corrected chi connectivity index (χ2v) is 4.89. The first kappa shape index (κ1) is 12.0. The number of aromatic nitrogens is 1. The molecule has 0 saturated heterocycles. The summed E-state index contributed by atoms with van der Waals surface area (Å²) in [5, 5.41) is 11.3. The Labute approximate surface area is 119 Å². The molecule has 0 fully saturated rings. The molecule has 3 aromatic rings. The molecule has 1 heterocycles. The Balaban J connectivity index is 2.37. The summed E-state index contributed by atoms with van der Waals surface area (Å²) in [5.74, 6) is 0. The third kappa shape index (κ3) is 1.94. The molecule has 3 rings (SSSR count). The minimum absolute atomic E-state index is 0.719. The fourth-order valence-electron chi connectivity index (χ4n) is 2.37. The SMILES string of the molecule is N#Cc1c(-c2ccccc2)[nH]c2cccc(CBr)c12. The topological polar surface area (TPSA) is 39.6 Å². The standard InChI is InChI=1S/C16H11BrN2/c17-9-12-7-4-8-14-15(12)13(10-18)16(19-14)11-5-2-1-3-6-11/h1-8,19H,9H2. The van der Waals surface area contributed by atoms with Crippen molar-refractivity contribution >= 4 is 26.8 Å². The smallest absolute Gasteiger partial charge is 0.102 e. The molecule has 3 heteroatoms. The predicted octanol–water partition coefficient (Wildman–Crippen LogP) is 4.60. The summed E-state index contributed by atoms with van der Waals surface area (Å²) >= 11 is 3.48. The van der Waals surface area contributed by atoms with Crippen molar-refractivity contribution in [2.24, 2.45) is 0 Å². The molecule has 0 saturated carbocycles. The third-order valence-corrected chi connectivity index (χ3v) is 3.83. The summed E-state index contributed by atoms with van der Waals surface area (Å²) in [6.07, 6.45) is 0. The highest BCUT2D eigenvalue weighted by molar-refractivity contribution is 9.08. The van der Waals surface area contributed by atoms with Crippen LogP contribution in [0.3, 0.4) is 0 Å². The van der Waals surface area contributed by atoms with Gasteiger partial charge in [-0.15, -0.1) is 0 Å². The first-order chi connectivity index (χ1) is 9.35. The van der Waals surface area contributed by atoms with E-state index < -0.39 is 0 Å². The van der Waals surface area contributed by atoms with Gasteiger partial charge in [-0.3, -0.25) is 0 Å². The minimum atomic E-state index is 0.719. The van der Waals surface area contributed by atoms with Gasteiger partial charge in [0.25, 0.3) is 0 Å².